The summed E-state index contributed by atoms with van der Waals surface area (Å²) in [6, 6.07) is 19.0. The third-order valence-corrected chi connectivity index (χ3v) is 8.77. The lowest BCUT2D eigenvalue weighted by Crippen LogP contribution is -2.55. The molecule has 3 aromatic carbocycles. The summed E-state index contributed by atoms with van der Waals surface area (Å²) in [5.74, 6) is -0.735. The Balaban J connectivity index is 2.12. The van der Waals surface area contributed by atoms with Crippen LogP contribution in [-0.2, 0) is 26.2 Å². The van der Waals surface area contributed by atoms with Gasteiger partial charge in [0.25, 0.3) is 10.0 Å². The van der Waals surface area contributed by atoms with E-state index in [9.17, 15) is 18.0 Å². The molecule has 0 spiro atoms. The Morgan fingerprint density at radius 3 is 2.02 bits per heavy atom. The number of hydrogen-bond donors (Lipinski definition) is 1. The van der Waals surface area contributed by atoms with E-state index >= 15 is 0 Å². The van der Waals surface area contributed by atoms with Crippen molar-refractivity contribution < 1.29 is 18.0 Å². The molecule has 0 unspecified atom stereocenters. The SMILES string of the molecule is CC[C@@H](C(=O)NC(C)(C)C)N(Cc1ccccc1C)C(=O)CN(c1ccc(C)cc1C)S(=O)(=O)c1ccc(C)cc1. The predicted molar refractivity (Wildman–Crippen MR) is 165 cm³/mol. The average Bonchev–Trinajstić information content (AvgIpc) is 2.87. The number of sulfonamides is 1. The van der Waals surface area contributed by atoms with E-state index in [1.807, 2.05) is 91.8 Å². The van der Waals surface area contributed by atoms with Crippen LogP contribution in [0.3, 0.4) is 0 Å². The van der Waals surface area contributed by atoms with Crippen molar-refractivity contribution in [1.29, 1.82) is 0 Å². The lowest BCUT2D eigenvalue weighted by molar-refractivity contribution is -0.141. The molecule has 0 aliphatic carbocycles. The van der Waals surface area contributed by atoms with Crippen molar-refractivity contribution in [1.82, 2.24) is 10.2 Å². The van der Waals surface area contributed by atoms with Gasteiger partial charge in [-0.15, -0.1) is 0 Å². The molecule has 3 rings (SSSR count). The maximum Gasteiger partial charge on any atom is 0.264 e. The van der Waals surface area contributed by atoms with Crippen LogP contribution in [-0.4, -0.2) is 43.3 Å². The van der Waals surface area contributed by atoms with Crippen LogP contribution < -0.4 is 9.62 Å². The van der Waals surface area contributed by atoms with Crippen molar-refractivity contribution in [3.05, 3.63) is 94.5 Å². The van der Waals surface area contributed by atoms with Gasteiger partial charge >= 0.3 is 0 Å². The molecule has 0 heterocycles. The number of amides is 2. The molecule has 1 atom stereocenters. The molecule has 0 saturated heterocycles. The van der Waals surface area contributed by atoms with Crippen LogP contribution in [0, 0.1) is 27.7 Å². The molecule has 0 aromatic heterocycles. The van der Waals surface area contributed by atoms with E-state index in [4.69, 9.17) is 0 Å². The largest absolute Gasteiger partial charge is 0.350 e. The number of hydrogen-bond acceptors (Lipinski definition) is 4. The van der Waals surface area contributed by atoms with Crippen LogP contribution in [0.4, 0.5) is 5.69 Å². The zero-order valence-electron chi connectivity index (χ0n) is 25.5. The average molecular weight is 578 g/mol. The van der Waals surface area contributed by atoms with E-state index in [2.05, 4.69) is 5.32 Å². The van der Waals surface area contributed by atoms with Crippen molar-refractivity contribution in [3.63, 3.8) is 0 Å². The molecule has 0 aliphatic heterocycles. The van der Waals surface area contributed by atoms with Gasteiger partial charge in [0.1, 0.15) is 12.6 Å². The molecule has 0 fully saturated rings. The van der Waals surface area contributed by atoms with E-state index in [0.717, 1.165) is 27.8 Å². The number of benzene rings is 3. The Hall–Kier alpha value is -3.65. The molecule has 1 N–H and O–H groups in total. The van der Waals surface area contributed by atoms with Gasteiger partial charge < -0.3 is 10.2 Å². The molecule has 220 valence electrons. The lowest BCUT2D eigenvalue weighted by Gasteiger charge is -2.35. The number of anilines is 1. The van der Waals surface area contributed by atoms with E-state index in [-0.39, 0.29) is 17.3 Å². The standard InChI is InChI=1S/C33H43N3O4S/c1-9-29(32(38)34-33(6,7)8)35(21-27-13-11-10-12-25(27)4)31(37)22-36(30-19-16-24(3)20-26(30)5)41(39,40)28-17-14-23(2)15-18-28/h10-20,29H,9,21-22H2,1-8H3,(H,34,38)/t29-/m0/s1. The van der Waals surface area contributed by atoms with Crippen LogP contribution in [0.5, 0.6) is 0 Å². The summed E-state index contributed by atoms with van der Waals surface area (Å²) in [6.45, 7) is 14.9. The van der Waals surface area contributed by atoms with Crippen LogP contribution >= 0.6 is 0 Å². The third kappa shape index (κ3) is 7.97. The predicted octanol–water partition coefficient (Wildman–Crippen LogP) is 5.84. The summed E-state index contributed by atoms with van der Waals surface area (Å²) in [6.07, 6.45) is 0.369. The highest BCUT2D eigenvalue weighted by Gasteiger charge is 2.35. The van der Waals surface area contributed by atoms with E-state index < -0.39 is 34.1 Å². The Bertz CT molecular complexity index is 1490. The molecular formula is C33H43N3O4S. The van der Waals surface area contributed by atoms with Crippen molar-refractivity contribution in [2.75, 3.05) is 10.8 Å². The normalized spacial score (nSPS) is 12.5. The molecule has 8 heteroatoms. The van der Waals surface area contributed by atoms with Gasteiger partial charge in [0.05, 0.1) is 10.6 Å². The van der Waals surface area contributed by atoms with Crippen LogP contribution in [0.15, 0.2) is 71.6 Å². The van der Waals surface area contributed by atoms with Crippen LogP contribution in [0.2, 0.25) is 0 Å². The zero-order chi connectivity index (χ0) is 30.5. The lowest BCUT2D eigenvalue weighted by atomic mass is 10.0. The number of aryl methyl sites for hydroxylation is 4. The number of carbonyl (C=O) groups excluding carboxylic acids is 2. The fraction of sp³-hybridized carbons (Fsp3) is 0.394. The van der Waals surface area contributed by atoms with Gasteiger partial charge in [0.15, 0.2) is 0 Å². The second kappa shape index (κ2) is 12.9. The first-order valence-electron chi connectivity index (χ1n) is 14.0. The fourth-order valence-electron chi connectivity index (χ4n) is 4.78. The Morgan fingerprint density at radius 2 is 1.46 bits per heavy atom. The smallest absolute Gasteiger partial charge is 0.264 e. The highest BCUT2D eigenvalue weighted by atomic mass is 32.2. The number of nitrogens with one attached hydrogen (secondary N) is 1. The van der Waals surface area contributed by atoms with Crippen molar-refractivity contribution in [3.8, 4) is 0 Å². The highest BCUT2D eigenvalue weighted by molar-refractivity contribution is 7.92. The van der Waals surface area contributed by atoms with Crippen molar-refractivity contribution in [2.45, 2.75) is 84.8 Å². The van der Waals surface area contributed by atoms with Gasteiger partial charge in [-0.3, -0.25) is 13.9 Å². The van der Waals surface area contributed by atoms with Crippen LogP contribution in [0.25, 0.3) is 0 Å². The molecule has 0 saturated carbocycles. The zero-order valence-corrected chi connectivity index (χ0v) is 26.3. The third-order valence-electron chi connectivity index (χ3n) is 6.99. The van der Waals surface area contributed by atoms with Gasteiger partial charge in [-0.05, 0) is 89.8 Å². The Kier molecular flexibility index (Phi) is 10.0. The van der Waals surface area contributed by atoms with Crippen molar-refractivity contribution in [2.24, 2.45) is 0 Å². The van der Waals surface area contributed by atoms with E-state index in [1.54, 1.807) is 30.3 Å². The summed E-state index contributed by atoms with van der Waals surface area (Å²) < 4.78 is 29.4. The molecule has 0 aliphatic rings. The van der Waals surface area contributed by atoms with Gasteiger partial charge in [0.2, 0.25) is 11.8 Å². The number of nitrogens with zero attached hydrogens (tertiary/aromatic N) is 2. The summed E-state index contributed by atoms with van der Waals surface area (Å²) in [5.41, 5.74) is 4.44. The van der Waals surface area contributed by atoms with Gasteiger partial charge in [-0.2, -0.15) is 0 Å². The minimum absolute atomic E-state index is 0.0962. The monoisotopic (exact) mass is 577 g/mol. The van der Waals surface area contributed by atoms with E-state index in [0.29, 0.717) is 12.1 Å². The quantitative estimate of drug-likeness (QED) is 0.328. The minimum Gasteiger partial charge on any atom is -0.350 e. The molecule has 3 aromatic rings. The fourth-order valence-corrected chi connectivity index (χ4v) is 6.26. The summed E-state index contributed by atoms with van der Waals surface area (Å²) in [5, 5.41) is 3.00. The molecule has 41 heavy (non-hydrogen) atoms. The molecule has 0 radical (unpaired) electrons. The Labute approximate surface area is 245 Å². The maximum atomic E-state index is 14.3. The van der Waals surface area contributed by atoms with Gasteiger partial charge in [0, 0.05) is 12.1 Å². The van der Waals surface area contributed by atoms with Crippen LogP contribution in [0.1, 0.15) is 61.9 Å². The first-order valence-corrected chi connectivity index (χ1v) is 15.4. The summed E-state index contributed by atoms with van der Waals surface area (Å²) >= 11 is 0. The maximum absolute atomic E-state index is 14.3. The van der Waals surface area contributed by atoms with Gasteiger partial charge in [-0.1, -0.05) is 66.6 Å². The molecule has 2 amide bonds. The number of carbonyl (C=O) groups is 2. The summed E-state index contributed by atoms with van der Waals surface area (Å²) in [4.78, 5) is 29.3. The highest BCUT2D eigenvalue weighted by Crippen LogP contribution is 2.29. The topological polar surface area (TPSA) is 86.8 Å². The Morgan fingerprint density at radius 1 is 0.854 bits per heavy atom. The second-order valence-corrected chi connectivity index (χ2v) is 13.6. The minimum atomic E-state index is -4.11. The van der Waals surface area contributed by atoms with Crippen molar-refractivity contribution >= 4 is 27.5 Å². The van der Waals surface area contributed by atoms with Gasteiger partial charge in [-0.25, -0.2) is 8.42 Å². The second-order valence-electron chi connectivity index (χ2n) is 11.7. The molecule has 7 nitrogen and oxygen atoms in total. The first-order chi connectivity index (χ1) is 19.1. The molecular weight excluding hydrogens is 534 g/mol. The summed E-state index contributed by atoms with van der Waals surface area (Å²) in [7, 11) is -4.11. The number of rotatable bonds is 10. The first kappa shape index (κ1) is 31.9. The van der Waals surface area contributed by atoms with E-state index in [1.165, 1.54) is 9.21 Å². The molecule has 0 bridgehead atoms.